The maximum atomic E-state index is 11.7. The first kappa shape index (κ1) is 8.21. The standard InChI is InChI=1S/C11H14N2O/c14-11-6-10(8-4-5-8)12-7-13(11)9-2-1-3-9/h6-9H,1-5H2. The molecule has 2 aliphatic rings. The fraction of sp³-hybridized carbons (Fsp3) is 0.636. The van der Waals surface area contributed by atoms with E-state index in [0.717, 1.165) is 18.5 Å². The van der Waals surface area contributed by atoms with Crippen molar-refractivity contribution in [3.05, 3.63) is 28.4 Å². The normalized spacial score (nSPS) is 22.0. The third-order valence-corrected chi connectivity index (χ3v) is 3.32. The molecule has 0 N–H and O–H groups in total. The second-order valence-electron chi connectivity index (χ2n) is 4.42. The van der Waals surface area contributed by atoms with E-state index in [1.165, 1.54) is 19.3 Å². The summed E-state index contributed by atoms with van der Waals surface area (Å²) in [6.07, 6.45) is 7.70. The predicted octanol–water partition coefficient (Wildman–Crippen LogP) is 1.85. The molecule has 0 aromatic carbocycles. The van der Waals surface area contributed by atoms with Crippen LogP contribution in [0.25, 0.3) is 0 Å². The second kappa shape index (κ2) is 2.94. The highest BCUT2D eigenvalue weighted by Crippen LogP contribution is 2.38. The topological polar surface area (TPSA) is 34.9 Å². The summed E-state index contributed by atoms with van der Waals surface area (Å²) in [6.45, 7) is 0. The maximum absolute atomic E-state index is 11.7. The van der Waals surface area contributed by atoms with Gasteiger partial charge < -0.3 is 0 Å². The van der Waals surface area contributed by atoms with Gasteiger partial charge in [-0.3, -0.25) is 9.36 Å². The summed E-state index contributed by atoms with van der Waals surface area (Å²) in [5.41, 5.74) is 1.15. The van der Waals surface area contributed by atoms with Crippen molar-refractivity contribution in [2.24, 2.45) is 0 Å². The van der Waals surface area contributed by atoms with Gasteiger partial charge >= 0.3 is 0 Å². The second-order valence-corrected chi connectivity index (χ2v) is 4.42. The maximum Gasteiger partial charge on any atom is 0.253 e. The molecule has 3 nitrogen and oxygen atoms in total. The van der Waals surface area contributed by atoms with Crippen molar-refractivity contribution in [3.8, 4) is 0 Å². The minimum absolute atomic E-state index is 0.145. The van der Waals surface area contributed by atoms with Crippen molar-refractivity contribution in [1.82, 2.24) is 9.55 Å². The smallest absolute Gasteiger partial charge is 0.253 e. The molecular formula is C11H14N2O. The fourth-order valence-corrected chi connectivity index (χ4v) is 1.97. The van der Waals surface area contributed by atoms with Gasteiger partial charge in [-0.1, -0.05) is 0 Å². The number of hydrogen-bond acceptors (Lipinski definition) is 2. The molecule has 1 heterocycles. The molecule has 0 saturated heterocycles. The number of nitrogens with zero attached hydrogens (tertiary/aromatic N) is 2. The van der Waals surface area contributed by atoms with Gasteiger partial charge in [-0.15, -0.1) is 0 Å². The first-order valence-corrected chi connectivity index (χ1v) is 5.42. The summed E-state index contributed by atoms with van der Waals surface area (Å²) in [4.78, 5) is 16.1. The molecular weight excluding hydrogens is 176 g/mol. The summed E-state index contributed by atoms with van der Waals surface area (Å²) in [7, 11) is 0. The number of aromatic nitrogens is 2. The third-order valence-electron chi connectivity index (χ3n) is 3.32. The average Bonchev–Trinajstić information content (AvgIpc) is 2.87. The Balaban J connectivity index is 1.93. The quantitative estimate of drug-likeness (QED) is 0.713. The van der Waals surface area contributed by atoms with Crippen molar-refractivity contribution in [1.29, 1.82) is 0 Å². The Kier molecular flexibility index (Phi) is 1.72. The van der Waals surface area contributed by atoms with Crippen LogP contribution in [0.15, 0.2) is 17.2 Å². The Morgan fingerprint density at radius 3 is 2.57 bits per heavy atom. The lowest BCUT2D eigenvalue weighted by molar-refractivity contribution is 0.303. The minimum Gasteiger partial charge on any atom is -0.296 e. The fourth-order valence-electron chi connectivity index (χ4n) is 1.97. The summed E-state index contributed by atoms with van der Waals surface area (Å²) in [6, 6.07) is 2.17. The lowest BCUT2D eigenvalue weighted by Gasteiger charge is -2.27. The molecule has 2 aliphatic carbocycles. The van der Waals surface area contributed by atoms with Gasteiger partial charge in [0.25, 0.3) is 5.56 Å². The van der Waals surface area contributed by atoms with Crippen LogP contribution in [0.1, 0.15) is 49.8 Å². The van der Waals surface area contributed by atoms with Crippen LogP contribution in [-0.2, 0) is 0 Å². The zero-order chi connectivity index (χ0) is 9.54. The molecule has 0 aliphatic heterocycles. The summed E-state index contributed by atoms with van der Waals surface area (Å²) >= 11 is 0. The highest BCUT2D eigenvalue weighted by molar-refractivity contribution is 5.12. The van der Waals surface area contributed by atoms with Crippen LogP contribution >= 0.6 is 0 Å². The predicted molar refractivity (Wildman–Crippen MR) is 53.4 cm³/mol. The zero-order valence-corrected chi connectivity index (χ0v) is 8.15. The van der Waals surface area contributed by atoms with E-state index in [-0.39, 0.29) is 5.56 Å². The van der Waals surface area contributed by atoms with Gasteiger partial charge in [0.2, 0.25) is 0 Å². The van der Waals surface area contributed by atoms with Crippen molar-refractivity contribution in [2.75, 3.05) is 0 Å². The van der Waals surface area contributed by atoms with Gasteiger partial charge in [0.05, 0.1) is 12.0 Å². The van der Waals surface area contributed by atoms with E-state index in [0.29, 0.717) is 12.0 Å². The van der Waals surface area contributed by atoms with Crippen LogP contribution in [0.4, 0.5) is 0 Å². The summed E-state index contributed by atoms with van der Waals surface area (Å²) in [5.74, 6) is 0.582. The molecule has 14 heavy (non-hydrogen) atoms. The van der Waals surface area contributed by atoms with Crippen LogP contribution < -0.4 is 5.56 Å². The lowest BCUT2D eigenvalue weighted by Crippen LogP contribution is -2.28. The Labute approximate surface area is 82.8 Å². The Bertz CT molecular complexity index is 402. The van der Waals surface area contributed by atoms with Gasteiger partial charge in [-0.2, -0.15) is 0 Å². The highest BCUT2D eigenvalue weighted by Gasteiger charge is 2.26. The summed E-state index contributed by atoms with van der Waals surface area (Å²) < 4.78 is 1.80. The average molecular weight is 190 g/mol. The van der Waals surface area contributed by atoms with Crippen molar-refractivity contribution < 1.29 is 0 Å². The van der Waals surface area contributed by atoms with Crippen molar-refractivity contribution in [3.63, 3.8) is 0 Å². The van der Waals surface area contributed by atoms with E-state index in [2.05, 4.69) is 4.98 Å². The Morgan fingerprint density at radius 1 is 1.29 bits per heavy atom. The van der Waals surface area contributed by atoms with Gasteiger partial charge in [-0.25, -0.2) is 4.98 Å². The molecule has 0 bridgehead atoms. The monoisotopic (exact) mass is 190 g/mol. The molecule has 0 spiro atoms. The molecule has 3 heteroatoms. The molecule has 0 atom stereocenters. The first-order valence-electron chi connectivity index (χ1n) is 5.42. The Hall–Kier alpha value is -1.12. The molecule has 0 radical (unpaired) electrons. The first-order chi connectivity index (χ1) is 6.84. The van der Waals surface area contributed by atoms with Gasteiger partial charge in [-0.05, 0) is 32.1 Å². The van der Waals surface area contributed by atoms with Gasteiger partial charge in [0.1, 0.15) is 0 Å². The van der Waals surface area contributed by atoms with Crippen LogP contribution in [-0.4, -0.2) is 9.55 Å². The van der Waals surface area contributed by atoms with Gasteiger partial charge in [0, 0.05) is 18.0 Å². The number of hydrogen-bond donors (Lipinski definition) is 0. The van der Waals surface area contributed by atoms with Gasteiger partial charge in [0.15, 0.2) is 0 Å². The zero-order valence-electron chi connectivity index (χ0n) is 8.15. The van der Waals surface area contributed by atoms with Crippen LogP contribution in [0.3, 0.4) is 0 Å². The molecule has 2 fully saturated rings. The van der Waals surface area contributed by atoms with Crippen LogP contribution in [0, 0.1) is 0 Å². The number of rotatable bonds is 2. The van der Waals surface area contributed by atoms with Crippen LogP contribution in [0.2, 0.25) is 0 Å². The molecule has 1 aromatic heterocycles. The van der Waals surface area contributed by atoms with E-state index >= 15 is 0 Å². The van der Waals surface area contributed by atoms with Crippen molar-refractivity contribution in [2.45, 2.75) is 44.1 Å². The van der Waals surface area contributed by atoms with E-state index in [9.17, 15) is 4.79 Å². The highest BCUT2D eigenvalue weighted by atomic mass is 16.1. The Morgan fingerprint density at radius 2 is 2.07 bits per heavy atom. The van der Waals surface area contributed by atoms with Crippen molar-refractivity contribution >= 4 is 0 Å². The SMILES string of the molecule is O=c1cc(C2CC2)ncn1C1CCC1. The van der Waals surface area contributed by atoms with E-state index in [1.54, 1.807) is 17.0 Å². The molecule has 0 amide bonds. The third kappa shape index (κ3) is 1.27. The molecule has 1 aromatic rings. The van der Waals surface area contributed by atoms with E-state index < -0.39 is 0 Å². The lowest BCUT2D eigenvalue weighted by atomic mass is 9.93. The molecule has 0 unspecified atom stereocenters. The minimum atomic E-state index is 0.145. The summed E-state index contributed by atoms with van der Waals surface area (Å²) in [5, 5.41) is 0. The molecule has 2 saturated carbocycles. The van der Waals surface area contributed by atoms with E-state index in [1.807, 2.05) is 0 Å². The molecule has 74 valence electrons. The largest absolute Gasteiger partial charge is 0.296 e. The molecule has 3 rings (SSSR count). The van der Waals surface area contributed by atoms with E-state index in [4.69, 9.17) is 0 Å². The van der Waals surface area contributed by atoms with Crippen LogP contribution in [0.5, 0.6) is 0 Å².